The number of morpholine rings is 1. The molecule has 5 heterocycles. The molecular formula is C27H28FN7O2. The Labute approximate surface area is 213 Å². The minimum atomic E-state index is -0.273. The maximum Gasteiger partial charge on any atom is 0.222 e. The van der Waals surface area contributed by atoms with Crippen molar-refractivity contribution < 1.29 is 13.9 Å². The van der Waals surface area contributed by atoms with E-state index in [0.717, 1.165) is 48.0 Å². The lowest BCUT2D eigenvalue weighted by Gasteiger charge is -2.36. The molecule has 2 aliphatic heterocycles. The van der Waals surface area contributed by atoms with Gasteiger partial charge in [-0.1, -0.05) is 18.2 Å². The average molecular weight is 502 g/mol. The van der Waals surface area contributed by atoms with E-state index in [1.807, 2.05) is 36.4 Å². The molecule has 2 fully saturated rings. The van der Waals surface area contributed by atoms with Crippen molar-refractivity contribution in [2.45, 2.75) is 18.9 Å². The number of anilines is 2. The summed E-state index contributed by atoms with van der Waals surface area (Å²) in [4.78, 5) is 25.4. The number of ether oxygens (including phenoxy) is 1. The third kappa shape index (κ3) is 4.60. The highest BCUT2D eigenvalue weighted by atomic mass is 19.1. The standard InChI is InChI=1S/C27H28FN7O2/c28-20-6-1-4-18(14-20)23-17-37-13-12-34(23)26-10-9-24-30-15-22(35(24)32-26)21-7-2-8-25(31-21)33-11-3-5-19(16-33)27(29)36/h1-2,4,6-10,14-15,19,23H,3,5,11-13,16-17H2,(H2,29,36). The third-order valence-corrected chi connectivity index (χ3v) is 7.15. The Hall–Kier alpha value is -4.05. The molecule has 9 nitrogen and oxygen atoms in total. The highest BCUT2D eigenvalue weighted by molar-refractivity contribution is 5.77. The Bertz CT molecular complexity index is 1440. The summed E-state index contributed by atoms with van der Waals surface area (Å²) < 4.78 is 21.5. The van der Waals surface area contributed by atoms with Crippen LogP contribution in [0.15, 0.2) is 60.8 Å². The van der Waals surface area contributed by atoms with Gasteiger partial charge in [-0.2, -0.15) is 0 Å². The highest BCUT2D eigenvalue weighted by Gasteiger charge is 2.28. The first-order valence-electron chi connectivity index (χ1n) is 12.5. The van der Waals surface area contributed by atoms with E-state index in [-0.39, 0.29) is 23.7 Å². The third-order valence-electron chi connectivity index (χ3n) is 7.15. The van der Waals surface area contributed by atoms with E-state index in [9.17, 15) is 9.18 Å². The Morgan fingerprint density at radius 1 is 1.08 bits per heavy atom. The summed E-state index contributed by atoms with van der Waals surface area (Å²) in [6, 6.07) is 16.2. The monoisotopic (exact) mass is 501 g/mol. The molecule has 2 saturated heterocycles. The quantitative estimate of drug-likeness (QED) is 0.448. The Kier molecular flexibility index (Phi) is 6.17. The lowest BCUT2D eigenvalue weighted by molar-refractivity contribution is -0.122. The van der Waals surface area contributed by atoms with E-state index in [1.54, 1.807) is 22.8 Å². The first-order chi connectivity index (χ1) is 18.1. The average Bonchev–Trinajstić information content (AvgIpc) is 3.36. The van der Waals surface area contributed by atoms with Crippen molar-refractivity contribution in [3.8, 4) is 11.4 Å². The smallest absolute Gasteiger partial charge is 0.222 e. The number of primary amides is 1. The number of hydrogen-bond acceptors (Lipinski definition) is 7. The molecule has 0 bridgehead atoms. The van der Waals surface area contributed by atoms with Crippen LogP contribution in [0, 0.1) is 11.7 Å². The van der Waals surface area contributed by atoms with Crippen LogP contribution in [0.1, 0.15) is 24.4 Å². The summed E-state index contributed by atoms with van der Waals surface area (Å²) >= 11 is 0. The Morgan fingerprint density at radius 3 is 2.84 bits per heavy atom. The maximum atomic E-state index is 14.0. The second-order valence-electron chi connectivity index (χ2n) is 9.51. The first kappa shape index (κ1) is 23.4. The Balaban J connectivity index is 1.33. The number of carbonyl (C=O) groups excluding carboxylic acids is 1. The van der Waals surface area contributed by atoms with Gasteiger partial charge in [0, 0.05) is 19.6 Å². The number of imidazole rings is 1. The van der Waals surface area contributed by atoms with E-state index < -0.39 is 0 Å². The Morgan fingerprint density at radius 2 is 1.97 bits per heavy atom. The number of benzene rings is 1. The highest BCUT2D eigenvalue weighted by Crippen LogP contribution is 2.30. The molecule has 1 aromatic carbocycles. The van der Waals surface area contributed by atoms with Gasteiger partial charge in [-0.15, -0.1) is 5.10 Å². The maximum absolute atomic E-state index is 14.0. The number of nitrogens with two attached hydrogens (primary N) is 1. The number of amides is 1. The molecule has 190 valence electrons. The summed E-state index contributed by atoms with van der Waals surface area (Å²) in [5.74, 6) is 0.845. The second-order valence-corrected chi connectivity index (χ2v) is 9.51. The molecule has 0 spiro atoms. The normalized spacial score (nSPS) is 20.4. The van der Waals surface area contributed by atoms with Gasteiger partial charge < -0.3 is 20.3 Å². The lowest BCUT2D eigenvalue weighted by Crippen LogP contribution is -2.41. The van der Waals surface area contributed by atoms with Crippen LogP contribution >= 0.6 is 0 Å². The summed E-state index contributed by atoms with van der Waals surface area (Å²) in [5, 5.41) is 4.93. The molecule has 3 aromatic heterocycles. The zero-order valence-electron chi connectivity index (χ0n) is 20.3. The molecule has 6 rings (SSSR count). The molecule has 37 heavy (non-hydrogen) atoms. The van der Waals surface area contributed by atoms with Gasteiger partial charge in [-0.05, 0) is 54.8 Å². The van der Waals surface area contributed by atoms with Crippen molar-refractivity contribution in [1.82, 2.24) is 19.6 Å². The number of halogens is 1. The van der Waals surface area contributed by atoms with Crippen LogP contribution in [-0.4, -0.2) is 58.3 Å². The number of rotatable bonds is 5. The predicted molar refractivity (Wildman–Crippen MR) is 138 cm³/mol. The number of hydrogen-bond donors (Lipinski definition) is 1. The SMILES string of the molecule is NC(=O)C1CCCN(c2cccc(-c3cnc4ccc(N5CCOCC5c5cccc(F)c5)nn34)n2)C1. The molecule has 0 saturated carbocycles. The number of piperidine rings is 1. The van der Waals surface area contributed by atoms with E-state index >= 15 is 0 Å². The topological polar surface area (TPSA) is 102 Å². The van der Waals surface area contributed by atoms with Crippen LogP contribution in [0.3, 0.4) is 0 Å². The summed E-state index contributed by atoms with van der Waals surface area (Å²) in [7, 11) is 0. The van der Waals surface area contributed by atoms with Gasteiger partial charge in [0.05, 0.1) is 37.1 Å². The molecule has 0 radical (unpaired) electrons. The summed E-state index contributed by atoms with van der Waals surface area (Å²) in [6.07, 6.45) is 3.47. The van der Waals surface area contributed by atoms with E-state index in [0.29, 0.717) is 32.0 Å². The van der Waals surface area contributed by atoms with Gasteiger partial charge in [0.2, 0.25) is 5.91 Å². The van der Waals surface area contributed by atoms with E-state index in [2.05, 4.69) is 14.8 Å². The zero-order valence-corrected chi connectivity index (χ0v) is 20.3. The number of fused-ring (bicyclic) bond motifs is 1. The lowest BCUT2D eigenvalue weighted by atomic mass is 9.97. The van der Waals surface area contributed by atoms with Gasteiger partial charge in [0.15, 0.2) is 5.65 Å². The molecule has 2 atom stereocenters. The van der Waals surface area contributed by atoms with Gasteiger partial charge >= 0.3 is 0 Å². The van der Waals surface area contributed by atoms with Crippen LogP contribution in [0.2, 0.25) is 0 Å². The number of pyridine rings is 1. The largest absolute Gasteiger partial charge is 0.377 e. The van der Waals surface area contributed by atoms with Crippen molar-refractivity contribution >= 4 is 23.2 Å². The number of aromatic nitrogens is 4. The molecule has 2 aliphatic rings. The predicted octanol–water partition coefficient (Wildman–Crippen LogP) is 3.21. The van der Waals surface area contributed by atoms with Gasteiger partial charge in [-0.3, -0.25) is 4.79 Å². The van der Waals surface area contributed by atoms with Crippen LogP contribution in [0.5, 0.6) is 0 Å². The number of nitrogens with zero attached hydrogens (tertiary/aromatic N) is 6. The van der Waals surface area contributed by atoms with Gasteiger partial charge in [-0.25, -0.2) is 18.9 Å². The van der Waals surface area contributed by atoms with Gasteiger partial charge in [0.25, 0.3) is 0 Å². The summed E-state index contributed by atoms with van der Waals surface area (Å²) in [6.45, 7) is 3.04. The van der Waals surface area contributed by atoms with Crippen molar-refractivity contribution in [3.63, 3.8) is 0 Å². The molecule has 4 aromatic rings. The van der Waals surface area contributed by atoms with Crippen LogP contribution in [-0.2, 0) is 9.53 Å². The molecule has 10 heteroatoms. The minimum Gasteiger partial charge on any atom is -0.377 e. The van der Waals surface area contributed by atoms with Crippen LogP contribution in [0.25, 0.3) is 17.0 Å². The van der Waals surface area contributed by atoms with Crippen molar-refractivity contribution in [3.05, 3.63) is 72.2 Å². The fourth-order valence-corrected chi connectivity index (χ4v) is 5.22. The van der Waals surface area contributed by atoms with Crippen LogP contribution < -0.4 is 15.5 Å². The molecule has 0 aliphatic carbocycles. The molecule has 2 N–H and O–H groups in total. The minimum absolute atomic E-state index is 0.153. The van der Waals surface area contributed by atoms with E-state index in [4.69, 9.17) is 20.6 Å². The van der Waals surface area contributed by atoms with Crippen molar-refractivity contribution in [2.24, 2.45) is 11.7 Å². The van der Waals surface area contributed by atoms with Crippen molar-refractivity contribution in [2.75, 3.05) is 42.6 Å². The molecule has 1 amide bonds. The van der Waals surface area contributed by atoms with Crippen molar-refractivity contribution in [1.29, 1.82) is 0 Å². The zero-order chi connectivity index (χ0) is 25.4. The van der Waals surface area contributed by atoms with Crippen LogP contribution in [0.4, 0.5) is 16.0 Å². The second kappa shape index (κ2) is 9.78. The first-order valence-corrected chi connectivity index (χ1v) is 12.5. The fraction of sp³-hybridized carbons (Fsp3) is 0.333. The molecule has 2 unspecified atom stereocenters. The van der Waals surface area contributed by atoms with E-state index in [1.165, 1.54) is 6.07 Å². The fourth-order valence-electron chi connectivity index (χ4n) is 5.22. The molecular weight excluding hydrogens is 473 g/mol. The van der Waals surface area contributed by atoms with Gasteiger partial charge in [0.1, 0.15) is 23.1 Å². The summed E-state index contributed by atoms with van der Waals surface area (Å²) in [5.41, 5.74) is 8.61. The number of carbonyl (C=O) groups is 1.